The summed E-state index contributed by atoms with van der Waals surface area (Å²) in [7, 11) is 0. The number of alkyl halides is 6. The summed E-state index contributed by atoms with van der Waals surface area (Å²) >= 11 is 0. The van der Waals surface area contributed by atoms with Crippen LogP contribution < -0.4 is 10.5 Å². The quantitative estimate of drug-likeness (QED) is 0.517. The van der Waals surface area contributed by atoms with E-state index in [0.29, 0.717) is 6.07 Å². The topological polar surface area (TPSA) is 91.2 Å². The highest BCUT2D eigenvalue weighted by atomic mass is 19.4. The first-order chi connectivity index (χ1) is 11.0. The van der Waals surface area contributed by atoms with Crippen LogP contribution in [0.15, 0.2) is 22.6 Å². The maximum absolute atomic E-state index is 12.7. The van der Waals surface area contributed by atoms with E-state index < -0.39 is 41.1 Å². The average Bonchev–Trinajstić information content (AvgIpc) is 2.94. The van der Waals surface area contributed by atoms with Gasteiger partial charge < -0.3 is 14.9 Å². The lowest BCUT2D eigenvalue weighted by atomic mass is 10.1. The van der Waals surface area contributed by atoms with Gasteiger partial charge in [-0.2, -0.15) is 26.3 Å². The minimum absolute atomic E-state index is 0.113. The van der Waals surface area contributed by atoms with E-state index in [1.807, 2.05) is 0 Å². The molecule has 0 fully saturated rings. The van der Waals surface area contributed by atoms with Crippen LogP contribution in [0, 0.1) is 0 Å². The second-order valence-electron chi connectivity index (χ2n) is 4.30. The molecule has 1 heterocycles. The minimum atomic E-state index is -5.40. The highest BCUT2D eigenvalue weighted by Gasteiger charge is 2.42. The standard InChI is InChI=1S/C12H7F6N3O3/c13-11(14,15)5-1-2-6(9-21-20-8(4-19)24-9)7(3-5)23-10(22)12(16,17)18/h1-3H,4,19H2. The Morgan fingerprint density at radius 3 is 2.33 bits per heavy atom. The Morgan fingerprint density at radius 1 is 1.17 bits per heavy atom. The van der Waals surface area contributed by atoms with Crippen molar-refractivity contribution in [3.8, 4) is 17.2 Å². The van der Waals surface area contributed by atoms with Gasteiger partial charge in [0.15, 0.2) is 0 Å². The zero-order valence-electron chi connectivity index (χ0n) is 11.4. The van der Waals surface area contributed by atoms with E-state index >= 15 is 0 Å². The largest absolute Gasteiger partial charge is 0.491 e. The Morgan fingerprint density at radius 2 is 1.83 bits per heavy atom. The summed E-state index contributed by atoms with van der Waals surface area (Å²) in [4.78, 5) is 10.9. The fourth-order valence-electron chi connectivity index (χ4n) is 1.56. The number of nitrogens with zero attached hydrogens (tertiary/aromatic N) is 2. The highest BCUT2D eigenvalue weighted by Crippen LogP contribution is 2.37. The summed E-state index contributed by atoms with van der Waals surface area (Å²) in [6, 6.07) is 1.54. The van der Waals surface area contributed by atoms with Crippen LogP contribution in [0.4, 0.5) is 26.3 Å². The number of benzene rings is 1. The van der Waals surface area contributed by atoms with Crippen molar-refractivity contribution in [2.45, 2.75) is 18.9 Å². The molecular weight excluding hydrogens is 348 g/mol. The first-order valence-corrected chi connectivity index (χ1v) is 6.05. The van der Waals surface area contributed by atoms with Crippen molar-refractivity contribution in [3.05, 3.63) is 29.7 Å². The summed E-state index contributed by atoms with van der Waals surface area (Å²) in [6.45, 7) is -0.203. The van der Waals surface area contributed by atoms with E-state index in [9.17, 15) is 31.1 Å². The number of carbonyl (C=O) groups excluding carboxylic acids is 1. The highest BCUT2D eigenvalue weighted by molar-refractivity contribution is 5.80. The zero-order valence-corrected chi connectivity index (χ0v) is 11.4. The molecule has 0 amide bonds. The number of carbonyl (C=O) groups is 1. The molecule has 0 aliphatic carbocycles. The molecular formula is C12H7F6N3O3. The lowest BCUT2D eigenvalue weighted by Gasteiger charge is -2.12. The SMILES string of the molecule is NCc1nnc(-c2ccc(C(F)(F)F)cc2OC(=O)C(F)(F)F)o1. The molecule has 0 saturated heterocycles. The molecule has 0 saturated carbocycles. The van der Waals surface area contributed by atoms with Gasteiger partial charge in [-0.15, -0.1) is 10.2 Å². The maximum atomic E-state index is 12.7. The van der Waals surface area contributed by atoms with Crippen molar-refractivity contribution in [2.24, 2.45) is 5.73 Å². The van der Waals surface area contributed by atoms with Crippen LogP contribution in [0.5, 0.6) is 5.75 Å². The number of aromatic nitrogens is 2. The lowest BCUT2D eigenvalue weighted by Crippen LogP contribution is -2.28. The minimum Gasteiger partial charge on any atom is -0.419 e. The molecule has 2 rings (SSSR count). The van der Waals surface area contributed by atoms with Crippen molar-refractivity contribution >= 4 is 5.97 Å². The third-order valence-electron chi connectivity index (χ3n) is 2.61. The molecule has 130 valence electrons. The lowest BCUT2D eigenvalue weighted by molar-refractivity contribution is -0.189. The fraction of sp³-hybridized carbons (Fsp3) is 0.250. The van der Waals surface area contributed by atoms with Gasteiger partial charge in [0, 0.05) is 0 Å². The molecule has 6 nitrogen and oxygen atoms in total. The van der Waals surface area contributed by atoms with Crippen molar-refractivity contribution in [1.82, 2.24) is 10.2 Å². The van der Waals surface area contributed by atoms with Crippen LogP contribution in [-0.2, 0) is 17.5 Å². The predicted octanol–water partition coefficient (Wildman–Crippen LogP) is 2.68. The molecule has 0 atom stereocenters. The van der Waals surface area contributed by atoms with Gasteiger partial charge >= 0.3 is 18.3 Å². The van der Waals surface area contributed by atoms with Crippen LogP contribution in [0.2, 0.25) is 0 Å². The first kappa shape index (κ1) is 17.7. The van der Waals surface area contributed by atoms with Gasteiger partial charge in [-0.1, -0.05) is 0 Å². The third-order valence-corrected chi connectivity index (χ3v) is 2.61. The summed E-state index contributed by atoms with van der Waals surface area (Å²) in [5.74, 6) is -4.28. The van der Waals surface area contributed by atoms with E-state index in [4.69, 9.17) is 10.2 Å². The molecule has 12 heteroatoms. The predicted molar refractivity (Wildman–Crippen MR) is 64.3 cm³/mol. The van der Waals surface area contributed by atoms with Crippen molar-refractivity contribution in [1.29, 1.82) is 0 Å². The summed E-state index contributed by atoms with van der Waals surface area (Å²) in [5.41, 5.74) is 3.47. The number of esters is 1. The van der Waals surface area contributed by atoms with Crippen LogP contribution in [0.3, 0.4) is 0 Å². The molecule has 2 aromatic rings. The van der Waals surface area contributed by atoms with Crippen molar-refractivity contribution < 1.29 is 40.3 Å². The first-order valence-electron chi connectivity index (χ1n) is 6.05. The maximum Gasteiger partial charge on any atom is 0.491 e. The number of hydrogen-bond donors (Lipinski definition) is 1. The number of rotatable bonds is 3. The Labute approximate surface area is 129 Å². The van der Waals surface area contributed by atoms with Crippen molar-refractivity contribution in [3.63, 3.8) is 0 Å². The molecule has 0 aliphatic heterocycles. The van der Waals surface area contributed by atoms with Crippen molar-refractivity contribution in [2.75, 3.05) is 0 Å². The fourth-order valence-corrected chi connectivity index (χ4v) is 1.56. The molecule has 1 aromatic carbocycles. The monoisotopic (exact) mass is 355 g/mol. The smallest absolute Gasteiger partial charge is 0.419 e. The van der Waals surface area contributed by atoms with Gasteiger partial charge in [0.05, 0.1) is 17.7 Å². The number of halogens is 6. The third kappa shape index (κ3) is 3.82. The summed E-state index contributed by atoms with van der Waals surface area (Å²) in [5, 5.41) is 6.85. The molecule has 0 aliphatic rings. The van der Waals surface area contributed by atoms with E-state index in [1.165, 1.54) is 0 Å². The average molecular weight is 355 g/mol. The van der Waals surface area contributed by atoms with Gasteiger partial charge in [-0.3, -0.25) is 0 Å². The Hall–Kier alpha value is -2.63. The Balaban J connectivity index is 2.51. The summed E-state index contributed by atoms with van der Waals surface area (Å²) in [6.07, 6.45) is -10.3. The van der Waals surface area contributed by atoms with Crippen LogP contribution in [0.1, 0.15) is 11.5 Å². The molecule has 1 aromatic heterocycles. The zero-order chi connectivity index (χ0) is 18.1. The second kappa shape index (κ2) is 6.11. The van der Waals surface area contributed by atoms with Gasteiger partial charge in [-0.05, 0) is 18.2 Å². The number of ether oxygens (including phenoxy) is 1. The Kier molecular flexibility index (Phi) is 4.51. The number of nitrogens with two attached hydrogens (primary N) is 1. The second-order valence-corrected chi connectivity index (χ2v) is 4.30. The van der Waals surface area contributed by atoms with E-state index in [2.05, 4.69) is 14.9 Å². The molecule has 0 unspecified atom stereocenters. The molecule has 2 N–H and O–H groups in total. The molecule has 0 spiro atoms. The van der Waals surface area contributed by atoms with Crippen LogP contribution in [-0.4, -0.2) is 22.3 Å². The van der Waals surface area contributed by atoms with Gasteiger partial charge in [0.2, 0.25) is 5.89 Å². The Bertz CT molecular complexity index is 753. The van der Waals surface area contributed by atoms with Gasteiger partial charge in [0.1, 0.15) is 5.75 Å². The van der Waals surface area contributed by atoms with Gasteiger partial charge in [-0.25, -0.2) is 4.79 Å². The van der Waals surface area contributed by atoms with E-state index in [0.717, 1.165) is 6.07 Å². The van der Waals surface area contributed by atoms with Gasteiger partial charge in [0.25, 0.3) is 5.89 Å². The normalized spacial score (nSPS) is 12.3. The van der Waals surface area contributed by atoms with E-state index in [-0.39, 0.29) is 18.5 Å². The van der Waals surface area contributed by atoms with Crippen LogP contribution in [0.25, 0.3) is 11.5 Å². The summed E-state index contributed by atoms with van der Waals surface area (Å²) < 4.78 is 84.0. The molecule has 24 heavy (non-hydrogen) atoms. The van der Waals surface area contributed by atoms with Crippen LogP contribution >= 0.6 is 0 Å². The number of hydrogen-bond acceptors (Lipinski definition) is 6. The van der Waals surface area contributed by atoms with E-state index in [1.54, 1.807) is 0 Å². The molecule has 0 radical (unpaired) electrons. The molecule has 0 bridgehead atoms.